The van der Waals surface area contributed by atoms with Crippen molar-refractivity contribution in [3.63, 3.8) is 0 Å². The summed E-state index contributed by atoms with van der Waals surface area (Å²) in [5.74, 6) is 0.834. The first-order chi connectivity index (χ1) is 20.4. The van der Waals surface area contributed by atoms with Gasteiger partial charge in [0.05, 0.1) is 29.0 Å². The highest BCUT2D eigenvalue weighted by Crippen LogP contribution is 2.38. The molecule has 216 valence electrons. The minimum atomic E-state index is -1.14. The molecule has 7 heteroatoms. The molecule has 1 atom stereocenters. The van der Waals surface area contributed by atoms with Gasteiger partial charge >= 0.3 is 0 Å². The Morgan fingerprint density at radius 3 is 2.07 bits per heavy atom. The van der Waals surface area contributed by atoms with Gasteiger partial charge in [-0.15, -0.1) is 0 Å². The molecule has 0 saturated carbocycles. The van der Waals surface area contributed by atoms with Gasteiger partial charge in [-0.1, -0.05) is 111 Å². The predicted octanol–water partition coefficient (Wildman–Crippen LogP) is 7.10. The molecule has 0 bridgehead atoms. The Bertz CT molecular complexity index is 1500. The molecule has 6 nitrogen and oxygen atoms in total. The lowest BCUT2D eigenvalue weighted by Gasteiger charge is -2.40. The van der Waals surface area contributed by atoms with Crippen molar-refractivity contribution in [1.82, 2.24) is 15.1 Å². The van der Waals surface area contributed by atoms with Crippen molar-refractivity contribution in [2.45, 2.75) is 44.0 Å². The summed E-state index contributed by atoms with van der Waals surface area (Å²) < 4.78 is 14.4. The van der Waals surface area contributed by atoms with Gasteiger partial charge in [0.25, 0.3) is 0 Å². The third-order valence-electron chi connectivity index (χ3n) is 7.97. The van der Waals surface area contributed by atoms with Gasteiger partial charge in [0.15, 0.2) is 0 Å². The zero-order valence-electron chi connectivity index (χ0n) is 24.7. The quantitative estimate of drug-likeness (QED) is 0.105. The van der Waals surface area contributed by atoms with Gasteiger partial charge in [-0.2, -0.15) is 5.10 Å². The van der Waals surface area contributed by atoms with E-state index in [4.69, 9.17) is 9.47 Å². The van der Waals surface area contributed by atoms with E-state index in [1.807, 2.05) is 10.9 Å². The molecule has 0 unspecified atom stereocenters. The molecule has 1 aliphatic heterocycles. The highest BCUT2D eigenvalue weighted by molar-refractivity contribution is 6.76. The first-order valence-electron chi connectivity index (χ1n) is 14.8. The molecule has 1 aliphatic rings. The van der Waals surface area contributed by atoms with Crippen LogP contribution in [-0.4, -0.2) is 43.7 Å². The Labute approximate surface area is 249 Å². The summed E-state index contributed by atoms with van der Waals surface area (Å²) in [5, 5.41) is 13.4. The zero-order valence-corrected chi connectivity index (χ0v) is 25.7. The van der Waals surface area contributed by atoms with Crippen LogP contribution in [-0.2, 0) is 17.0 Å². The number of hydrogen-bond acceptors (Lipinski definition) is 5. The normalized spacial score (nSPS) is 15.5. The minimum absolute atomic E-state index is 0.0162. The van der Waals surface area contributed by atoms with Crippen molar-refractivity contribution >= 4 is 24.7 Å². The smallest absolute Gasteiger partial charge is 0.144 e. The molecule has 6 rings (SSSR count). The number of fused-ring (bicyclic) bond motifs is 2. The monoisotopic (exact) mass is 576 g/mol. The van der Waals surface area contributed by atoms with Crippen LogP contribution in [0.3, 0.4) is 0 Å². The molecule has 0 saturated heterocycles. The third kappa shape index (κ3) is 5.99. The summed E-state index contributed by atoms with van der Waals surface area (Å²) in [6.07, 6.45) is 1.91. The molecule has 42 heavy (non-hydrogen) atoms. The fourth-order valence-corrected chi connectivity index (χ4v) is 6.45. The Hall–Kier alpha value is -3.91. The van der Waals surface area contributed by atoms with Gasteiger partial charge in [-0.25, -0.2) is 4.68 Å². The van der Waals surface area contributed by atoms with E-state index in [1.54, 1.807) is 0 Å². The van der Waals surface area contributed by atoms with Crippen LogP contribution in [0.2, 0.25) is 25.7 Å². The molecule has 0 aliphatic carbocycles. The van der Waals surface area contributed by atoms with Crippen LogP contribution < -0.4 is 15.4 Å². The highest BCUT2D eigenvalue weighted by Gasteiger charge is 2.38. The number of ether oxygens (including phenoxy) is 2. The number of nitrogens with zero attached hydrogens (tertiary/aromatic N) is 2. The summed E-state index contributed by atoms with van der Waals surface area (Å²) >= 11 is 0. The second-order valence-electron chi connectivity index (χ2n) is 12.3. The van der Waals surface area contributed by atoms with Crippen LogP contribution in [0.5, 0.6) is 5.75 Å². The first kappa shape index (κ1) is 28.2. The highest BCUT2D eigenvalue weighted by atomic mass is 28.3. The van der Waals surface area contributed by atoms with Crippen molar-refractivity contribution in [1.29, 1.82) is 0 Å². The standard InChI is InChI=1S/C35H40N4O2Si/c1-42(2,3)20-19-40-26-39-33-22-34-32(21-27(33)23-37-39)36-24-31(25-41-34)38-35(28-13-7-4-8-14-28,29-15-9-5-10-16-29)30-17-11-6-12-18-30/h4-18,21-23,31,36,38H,19-20,24-26H2,1-3H3/t31-/m0/s1. The second-order valence-corrected chi connectivity index (χ2v) is 17.9. The van der Waals surface area contributed by atoms with E-state index in [0.29, 0.717) is 19.9 Å². The Morgan fingerprint density at radius 1 is 0.905 bits per heavy atom. The molecule has 0 fully saturated rings. The van der Waals surface area contributed by atoms with Crippen LogP contribution in [0.25, 0.3) is 10.9 Å². The average Bonchev–Trinajstić information content (AvgIpc) is 3.30. The lowest BCUT2D eigenvalue weighted by molar-refractivity contribution is 0.0817. The van der Waals surface area contributed by atoms with Gasteiger partial charge in [0.1, 0.15) is 19.1 Å². The van der Waals surface area contributed by atoms with Crippen LogP contribution in [0.15, 0.2) is 109 Å². The average molecular weight is 577 g/mol. The second kappa shape index (κ2) is 12.1. The summed E-state index contributed by atoms with van der Waals surface area (Å²) in [7, 11) is -1.14. The van der Waals surface area contributed by atoms with Crippen LogP contribution >= 0.6 is 0 Å². The molecule has 5 aromatic rings. The van der Waals surface area contributed by atoms with E-state index in [-0.39, 0.29) is 6.04 Å². The van der Waals surface area contributed by atoms with E-state index in [1.165, 1.54) is 16.7 Å². The Morgan fingerprint density at radius 2 is 1.50 bits per heavy atom. The lowest BCUT2D eigenvalue weighted by atomic mass is 9.76. The predicted molar refractivity (Wildman–Crippen MR) is 174 cm³/mol. The SMILES string of the molecule is C[Si](C)(C)CCOCn1ncc2cc3c(cc21)OC[C@@H](NC(c1ccccc1)(c1ccccc1)c1ccccc1)CN3. The molecule has 0 spiro atoms. The van der Waals surface area contributed by atoms with E-state index >= 15 is 0 Å². The molecular formula is C35H40N4O2Si. The van der Waals surface area contributed by atoms with Gasteiger partial charge < -0.3 is 14.8 Å². The van der Waals surface area contributed by atoms with Crippen molar-refractivity contribution in [2.24, 2.45) is 0 Å². The Kier molecular flexibility index (Phi) is 8.15. The molecule has 0 radical (unpaired) electrons. The molecule has 4 aromatic carbocycles. The maximum Gasteiger partial charge on any atom is 0.144 e. The van der Waals surface area contributed by atoms with Crippen molar-refractivity contribution < 1.29 is 9.47 Å². The fraction of sp³-hybridized carbons (Fsp3) is 0.286. The van der Waals surface area contributed by atoms with Crippen molar-refractivity contribution in [2.75, 3.05) is 25.1 Å². The molecule has 1 aromatic heterocycles. The largest absolute Gasteiger partial charge is 0.490 e. The molecule has 2 N–H and O–H groups in total. The summed E-state index contributed by atoms with van der Waals surface area (Å²) in [4.78, 5) is 0. The van der Waals surface area contributed by atoms with Crippen molar-refractivity contribution in [3.8, 4) is 5.75 Å². The van der Waals surface area contributed by atoms with E-state index < -0.39 is 13.6 Å². The zero-order chi connectivity index (χ0) is 29.0. The van der Waals surface area contributed by atoms with Crippen molar-refractivity contribution in [3.05, 3.63) is 126 Å². The number of aromatic nitrogens is 2. The van der Waals surface area contributed by atoms with E-state index in [2.05, 4.69) is 139 Å². The first-order valence-corrected chi connectivity index (χ1v) is 18.5. The summed E-state index contributed by atoms with van der Waals surface area (Å²) in [6.45, 7) is 9.53. The maximum atomic E-state index is 6.52. The number of hydrogen-bond donors (Lipinski definition) is 2. The fourth-order valence-electron chi connectivity index (χ4n) is 5.69. The van der Waals surface area contributed by atoms with Gasteiger partial charge in [0, 0.05) is 32.7 Å². The van der Waals surface area contributed by atoms with Crippen LogP contribution in [0, 0.1) is 0 Å². The maximum absolute atomic E-state index is 6.52. The van der Waals surface area contributed by atoms with E-state index in [0.717, 1.165) is 35.0 Å². The number of benzene rings is 4. The molecule has 2 heterocycles. The van der Waals surface area contributed by atoms with Gasteiger partial charge in [-0.3, -0.25) is 5.32 Å². The minimum Gasteiger partial charge on any atom is -0.490 e. The van der Waals surface area contributed by atoms with Crippen LogP contribution in [0.4, 0.5) is 5.69 Å². The number of anilines is 1. The Balaban J connectivity index is 1.28. The summed E-state index contributed by atoms with van der Waals surface area (Å²) in [5.41, 5.74) is 4.99. The topological polar surface area (TPSA) is 60.3 Å². The van der Waals surface area contributed by atoms with Crippen LogP contribution in [0.1, 0.15) is 16.7 Å². The summed E-state index contributed by atoms with van der Waals surface area (Å²) in [6, 6.07) is 37.5. The van der Waals surface area contributed by atoms with Gasteiger partial charge in [-0.05, 0) is 28.8 Å². The van der Waals surface area contributed by atoms with E-state index in [9.17, 15) is 0 Å². The van der Waals surface area contributed by atoms with Gasteiger partial charge in [0.2, 0.25) is 0 Å². The molecule has 0 amide bonds. The lowest BCUT2D eigenvalue weighted by Crippen LogP contribution is -2.53. The number of nitrogens with one attached hydrogen (secondary N) is 2. The molecular weight excluding hydrogens is 536 g/mol. The third-order valence-corrected chi connectivity index (χ3v) is 9.68. The number of rotatable bonds is 10.